The fourth-order valence-corrected chi connectivity index (χ4v) is 5.35. The van der Waals surface area contributed by atoms with Crippen molar-refractivity contribution in [2.75, 3.05) is 39.0 Å². The summed E-state index contributed by atoms with van der Waals surface area (Å²) >= 11 is 0. The predicted octanol–water partition coefficient (Wildman–Crippen LogP) is 3.60. The molecule has 2 bridgehead atoms. The van der Waals surface area contributed by atoms with Gasteiger partial charge in [-0.25, -0.2) is 4.79 Å². The third kappa shape index (κ3) is 3.59. The van der Waals surface area contributed by atoms with Crippen LogP contribution in [0.25, 0.3) is 0 Å². The Hall–Kier alpha value is -1.59. The summed E-state index contributed by atoms with van der Waals surface area (Å²) in [6, 6.07) is 8.31. The van der Waals surface area contributed by atoms with E-state index in [9.17, 15) is 4.79 Å². The molecule has 0 aliphatic carbocycles. The molecule has 3 saturated heterocycles. The lowest BCUT2D eigenvalue weighted by atomic mass is 9.73. The molecule has 3 aliphatic rings. The zero-order valence-corrected chi connectivity index (χ0v) is 16.9. The molecule has 0 unspecified atom stereocenters. The van der Waals surface area contributed by atoms with Gasteiger partial charge in [-0.15, -0.1) is 0 Å². The van der Waals surface area contributed by atoms with Crippen molar-refractivity contribution >= 4 is 11.7 Å². The van der Waals surface area contributed by atoms with Crippen LogP contribution in [0, 0.1) is 11.8 Å². The highest BCUT2D eigenvalue weighted by Crippen LogP contribution is 2.54. The molecule has 3 fully saturated rings. The Bertz CT molecular complexity index is 675. The van der Waals surface area contributed by atoms with Crippen LogP contribution in [0.4, 0.5) is 10.5 Å². The standard InChI is InChI=1S/C22H33N3O2/c1-4-5-6-16-7-9-17(10-8-16)23-21(26)25-14-19-18(13-24(2)3)20-11-12-22(19,15-25)27-20/h7-10,18-20H,4-6,11-15H2,1-3H3,(H,23,26)/t18-,19+,20+,22+/m0/s1. The van der Waals surface area contributed by atoms with Crippen molar-refractivity contribution in [2.45, 2.75) is 50.7 Å². The molecule has 0 aromatic heterocycles. The van der Waals surface area contributed by atoms with Gasteiger partial charge in [0.25, 0.3) is 0 Å². The minimum Gasteiger partial charge on any atom is -0.369 e. The summed E-state index contributed by atoms with van der Waals surface area (Å²) in [7, 11) is 4.25. The maximum atomic E-state index is 12.9. The van der Waals surface area contributed by atoms with Gasteiger partial charge in [0.2, 0.25) is 0 Å². The molecular weight excluding hydrogens is 338 g/mol. The highest BCUT2D eigenvalue weighted by Gasteiger charge is 2.63. The van der Waals surface area contributed by atoms with Crippen LogP contribution >= 0.6 is 0 Å². The number of carbonyl (C=O) groups excluding carboxylic acids is 1. The van der Waals surface area contributed by atoms with Crippen LogP contribution in [0.5, 0.6) is 0 Å². The number of rotatable bonds is 6. The second-order valence-corrected chi connectivity index (χ2v) is 8.90. The van der Waals surface area contributed by atoms with Crippen molar-refractivity contribution in [1.29, 1.82) is 0 Å². The minimum atomic E-state index is -0.0906. The Kier molecular flexibility index (Phi) is 5.17. The molecule has 5 heteroatoms. The van der Waals surface area contributed by atoms with E-state index < -0.39 is 0 Å². The number of ether oxygens (including phenoxy) is 1. The summed E-state index contributed by atoms with van der Waals surface area (Å²) in [6.45, 7) is 4.80. The summed E-state index contributed by atoms with van der Waals surface area (Å²) in [5.41, 5.74) is 2.12. The molecular formula is C22H33N3O2. The van der Waals surface area contributed by atoms with Gasteiger partial charge < -0.3 is 19.9 Å². The first-order valence-corrected chi connectivity index (χ1v) is 10.5. The molecule has 2 amide bonds. The summed E-state index contributed by atoms with van der Waals surface area (Å²) in [5, 5.41) is 3.09. The average Bonchev–Trinajstić information content (AvgIpc) is 3.30. The van der Waals surface area contributed by atoms with E-state index in [1.807, 2.05) is 17.0 Å². The molecule has 27 heavy (non-hydrogen) atoms. The van der Waals surface area contributed by atoms with Crippen molar-refractivity contribution < 1.29 is 9.53 Å². The Morgan fingerprint density at radius 2 is 2.11 bits per heavy atom. The lowest BCUT2D eigenvalue weighted by Gasteiger charge is -2.30. The Balaban J connectivity index is 1.38. The number of nitrogens with zero attached hydrogens (tertiary/aromatic N) is 2. The van der Waals surface area contributed by atoms with Crippen molar-refractivity contribution in [3.63, 3.8) is 0 Å². The summed E-state index contributed by atoms with van der Waals surface area (Å²) in [4.78, 5) is 17.1. The fraction of sp³-hybridized carbons (Fsp3) is 0.682. The van der Waals surface area contributed by atoms with Gasteiger partial charge in [0.1, 0.15) is 0 Å². The number of urea groups is 1. The molecule has 1 aromatic rings. The van der Waals surface area contributed by atoms with Gasteiger partial charge in [0.15, 0.2) is 0 Å². The monoisotopic (exact) mass is 371 g/mol. The van der Waals surface area contributed by atoms with Crippen molar-refractivity contribution in [2.24, 2.45) is 11.8 Å². The number of unbranched alkanes of at least 4 members (excludes halogenated alkanes) is 1. The Morgan fingerprint density at radius 1 is 1.33 bits per heavy atom. The van der Waals surface area contributed by atoms with Gasteiger partial charge in [-0.2, -0.15) is 0 Å². The molecule has 1 aromatic carbocycles. The first-order chi connectivity index (χ1) is 13.0. The quantitative estimate of drug-likeness (QED) is 0.831. The highest BCUT2D eigenvalue weighted by atomic mass is 16.5. The number of aryl methyl sites for hydroxylation is 1. The van der Waals surface area contributed by atoms with Gasteiger partial charge in [0.05, 0.1) is 18.2 Å². The Morgan fingerprint density at radius 3 is 2.81 bits per heavy atom. The minimum absolute atomic E-state index is 0.00994. The van der Waals surface area contributed by atoms with E-state index in [4.69, 9.17) is 4.74 Å². The van der Waals surface area contributed by atoms with Gasteiger partial charge >= 0.3 is 6.03 Å². The van der Waals surface area contributed by atoms with Gasteiger partial charge in [-0.1, -0.05) is 25.5 Å². The molecule has 4 rings (SSSR count). The lowest BCUT2D eigenvalue weighted by molar-refractivity contribution is 0.00534. The molecule has 0 radical (unpaired) electrons. The second kappa shape index (κ2) is 7.44. The fourth-order valence-electron chi connectivity index (χ4n) is 5.35. The zero-order valence-electron chi connectivity index (χ0n) is 16.9. The van der Waals surface area contributed by atoms with E-state index >= 15 is 0 Å². The van der Waals surface area contributed by atoms with E-state index in [1.54, 1.807) is 0 Å². The van der Waals surface area contributed by atoms with Crippen molar-refractivity contribution in [1.82, 2.24) is 9.80 Å². The predicted molar refractivity (Wildman–Crippen MR) is 108 cm³/mol. The van der Waals surface area contributed by atoms with Crippen LogP contribution in [-0.2, 0) is 11.2 Å². The van der Waals surface area contributed by atoms with E-state index in [0.717, 1.165) is 44.6 Å². The third-order valence-corrected chi connectivity index (χ3v) is 6.67. The van der Waals surface area contributed by atoms with Crippen LogP contribution < -0.4 is 5.32 Å². The molecule has 148 valence electrons. The normalized spacial score (nSPS) is 31.6. The average molecular weight is 372 g/mol. The number of carbonyl (C=O) groups is 1. The molecule has 3 heterocycles. The van der Waals surface area contributed by atoms with Crippen molar-refractivity contribution in [3.05, 3.63) is 29.8 Å². The van der Waals surface area contributed by atoms with Crippen LogP contribution in [-0.4, -0.2) is 61.3 Å². The smallest absolute Gasteiger partial charge is 0.321 e. The lowest BCUT2D eigenvalue weighted by Crippen LogP contribution is -2.40. The number of anilines is 1. The molecule has 5 nitrogen and oxygen atoms in total. The SMILES string of the molecule is CCCCc1ccc(NC(=O)N2C[C@@H]3[C@H](CN(C)C)[C@H]4CC[C@]3(C2)O4)cc1. The summed E-state index contributed by atoms with van der Waals surface area (Å²) < 4.78 is 6.43. The molecule has 0 saturated carbocycles. The second-order valence-electron chi connectivity index (χ2n) is 8.90. The maximum absolute atomic E-state index is 12.9. The number of fused-ring (bicyclic) bond motifs is 1. The van der Waals surface area contributed by atoms with E-state index in [0.29, 0.717) is 17.9 Å². The first kappa shape index (κ1) is 18.8. The third-order valence-electron chi connectivity index (χ3n) is 6.67. The maximum Gasteiger partial charge on any atom is 0.321 e. The van der Waals surface area contributed by atoms with Crippen molar-refractivity contribution in [3.8, 4) is 0 Å². The summed E-state index contributed by atoms with van der Waals surface area (Å²) in [6.07, 6.45) is 6.14. The van der Waals surface area contributed by atoms with E-state index in [1.165, 1.54) is 18.4 Å². The van der Waals surface area contributed by atoms with Crippen LogP contribution in [0.3, 0.4) is 0 Å². The summed E-state index contributed by atoms with van der Waals surface area (Å²) in [5.74, 6) is 1.02. The topological polar surface area (TPSA) is 44.8 Å². The number of hydrogen-bond acceptors (Lipinski definition) is 3. The number of hydrogen-bond donors (Lipinski definition) is 1. The molecule has 4 atom stereocenters. The number of benzene rings is 1. The molecule has 3 aliphatic heterocycles. The molecule has 1 spiro atoms. The number of amides is 2. The zero-order chi connectivity index (χ0) is 19.0. The van der Waals surface area contributed by atoms with Crippen LogP contribution in [0.15, 0.2) is 24.3 Å². The first-order valence-electron chi connectivity index (χ1n) is 10.5. The number of nitrogens with one attached hydrogen (secondary N) is 1. The number of likely N-dealkylation sites (tertiary alicyclic amines) is 1. The van der Waals surface area contributed by atoms with Gasteiger partial charge in [-0.05, 0) is 57.5 Å². The van der Waals surface area contributed by atoms with E-state index in [2.05, 4.69) is 43.4 Å². The highest BCUT2D eigenvalue weighted by molar-refractivity contribution is 5.89. The largest absolute Gasteiger partial charge is 0.369 e. The van der Waals surface area contributed by atoms with Crippen LogP contribution in [0.1, 0.15) is 38.2 Å². The Labute approximate surface area is 163 Å². The molecule has 1 N–H and O–H groups in total. The van der Waals surface area contributed by atoms with Gasteiger partial charge in [0, 0.05) is 30.6 Å². The van der Waals surface area contributed by atoms with Crippen LogP contribution in [0.2, 0.25) is 0 Å². The van der Waals surface area contributed by atoms with Gasteiger partial charge in [-0.3, -0.25) is 0 Å². The van der Waals surface area contributed by atoms with E-state index in [-0.39, 0.29) is 11.6 Å².